The lowest BCUT2D eigenvalue weighted by molar-refractivity contribution is 0.669. The lowest BCUT2D eigenvalue weighted by atomic mass is 10.2. The Bertz CT molecular complexity index is 729. The van der Waals surface area contributed by atoms with Crippen LogP contribution in [0.4, 0.5) is 11.8 Å². The van der Waals surface area contributed by atoms with Crippen LogP contribution in [0.3, 0.4) is 0 Å². The summed E-state index contributed by atoms with van der Waals surface area (Å²) >= 11 is 1.64. The molecule has 0 aromatic carbocycles. The topological polar surface area (TPSA) is 92.5 Å². The third-order valence-corrected chi connectivity index (χ3v) is 4.65. The van der Waals surface area contributed by atoms with Crippen LogP contribution in [0.2, 0.25) is 0 Å². The number of H-pyrrole nitrogens is 1. The molecule has 3 heterocycles. The Morgan fingerprint density at radius 3 is 2.81 bits per heavy atom. The lowest BCUT2D eigenvalue weighted by Crippen LogP contribution is -2.18. The van der Waals surface area contributed by atoms with Gasteiger partial charge in [0.05, 0.1) is 20.8 Å². The first-order valence-electron chi connectivity index (χ1n) is 7.04. The number of fused-ring (bicyclic) bond motifs is 1. The highest BCUT2D eigenvalue weighted by molar-refractivity contribution is 7.22. The molecule has 0 aliphatic carbocycles. The van der Waals surface area contributed by atoms with E-state index in [4.69, 9.17) is 5.73 Å². The van der Waals surface area contributed by atoms with Crippen molar-refractivity contribution in [2.75, 3.05) is 11.1 Å². The summed E-state index contributed by atoms with van der Waals surface area (Å²) in [7, 11) is 0. The Morgan fingerprint density at radius 1 is 1.33 bits per heavy atom. The van der Waals surface area contributed by atoms with Gasteiger partial charge in [0.25, 0.3) is 0 Å². The van der Waals surface area contributed by atoms with Gasteiger partial charge in [-0.1, -0.05) is 13.8 Å². The van der Waals surface area contributed by atoms with Crippen LogP contribution in [0.25, 0.3) is 20.8 Å². The minimum atomic E-state index is 0.296. The SMILES string of the molecule is CCC(CC)Nc1nc(N)nc2cc(-c3ccn[nH]3)sc12. The Hall–Kier alpha value is -2.15. The summed E-state index contributed by atoms with van der Waals surface area (Å²) in [5.41, 5.74) is 7.68. The fourth-order valence-corrected chi connectivity index (χ4v) is 3.28. The van der Waals surface area contributed by atoms with Crippen LogP contribution < -0.4 is 11.1 Å². The van der Waals surface area contributed by atoms with E-state index >= 15 is 0 Å². The number of thiophene rings is 1. The van der Waals surface area contributed by atoms with Gasteiger partial charge in [-0.15, -0.1) is 11.3 Å². The zero-order chi connectivity index (χ0) is 14.8. The molecule has 0 aliphatic rings. The van der Waals surface area contributed by atoms with Crippen molar-refractivity contribution < 1.29 is 0 Å². The van der Waals surface area contributed by atoms with Crippen LogP contribution in [-0.4, -0.2) is 26.2 Å². The predicted octanol–water partition coefficient (Wildman–Crippen LogP) is 3.26. The number of aromatic nitrogens is 4. The van der Waals surface area contributed by atoms with Gasteiger partial charge >= 0.3 is 0 Å². The average molecular weight is 302 g/mol. The first kappa shape index (κ1) is 13.8. The number of aromatic amines is 1. The van der Waals surface area contributed by atoms with Crippen molar-refractivity contribution in [1.82, 2.24) is 20.2 Å². The summed E-state index contributed by atoms with van der Waals surface area (Å²) in [6.07, 6.45) is 3.82. The zero-order valence-corrected chi connectivity index (χ0v) is 12.9. The fourth-order valence-electron chi connectivity index (χ4n) is 2.26. The van der Waals surface area contributed by atoms with Crippen molar-refractivity contribution in [1.29, 1.82) is 0 Å². The van der Waals surface area contributed by atoms with E-state index in [0.29, 0.717) is 12.0 Å². The molecule has 3 rings (SSSR count). The molecule has 3 aromatic rings. The van der Waals surface area contributed by atoms with Crippen molar-refractivity contribution in [2.45, 2.75) is 32.7 Å². The minimum absolute atomic E-state index is 0.296. The number of nitrogens with one attached hydrogen (secondary N) is 2. The van der Waals surface area contributed by atoms with Gasteiger partial charge in [-0.3, -0.25) is 5.10 Å². The van der Waals surface area contributed by atoms with Gasteiger partial charge < -0.3 is 11.1 Å². The van der Waals surface area contributed by atoms with Crippen LogP contribution in [0.1, 0.15) is 26.7 Å². The molecule has 3 aromatic heterocycles. The Balaban J connectivity index is 2.07. The molecule has 4 N–H and O–H groups in total. The molecule has 110 valence electrons. The van der Waals surface area contributed by atoms with E-state index in [2.05, 4.69) is 39.3 Å². The highest BCUT2D eigenvalue weighted by Gasteiger charge is 2.14. The molecular formula is C14H18N6S. The van der Waals surface area contributed by atoms with Gasteiger partial charge in [0.2, 0.25) is 5.95 Å². The van der Waals surface area contributed by atoms with Crippen molar-refractivity contribution in [3.05, 3.63) is 18.3 Å². The number of nitrogens with zero attached hydrogens (tertiary/aromatic N) is 3. The minimum Gasteiger partial charge on any atom is -0.368 e. The second-order valence-electron chi connectivity index (χ2n) is 4.88. The van der Waals surface area contributed by atoms with Crippen molar-refractivity contribution in [2.24, 2.45) is 0 Å². The summed E-state index contributed by atoms with van der Waals surface area (Å²) in [6, 6.07) is 4.35. The normalized spacial score (nSPS) is 11.4. The molecule has 6 nitrogen and oxygen atoms in total. The standard InChI is InChI=1S/C14H18N6S/c1-3-8(4-2)17-13-12-10(18-14(15)19-13)7-11(21-12)9-5-6-16-20-9/h5-8H,3-4H2,1-2H3,(H,16,20)(H3,15,17,18,19). The summed E-state index contributed by atoms with van der Waals surface area (Å²) in [6.45, 7) is 4.32. The molecule has 0 saturated heterocycles. The van der Waals surface area contributed by atoms with Crippen LogP contribution in [0.15, 0.2) is 18.3 Å². The maximum Gasteiger partial charge on any atom is 0.222 e. The molecule has 0 atom stereocenters. The van der Waals surface area contributed by atoms with Crippen LogP contribution >= 0.6 is 11.3 Å². The van der Waals surface area contributed by atoms with E-state index < -0.39 is 0 Å². The molecular weight excluding hydrogens is 284 g/mol. The number of hydrogen-bond acceptors (Lipinski definition) is 6. The quantitative estimate of drug-likeness (QED) is 0.672. The predicted molar refractivity (Wildman–Crippen MR) is 87.4 cm³/mol. The number of nitrogen functional groups attached to an aromatic ring is 1. The highest BCUT2D eigenvalue weighted by Crippen LogP contribution is 2.35. The number of rotatable bonds is 5. The van der Waals surface area contributed by atoms with E-state index in [0.717, 1.165) is 39.4 Å². The maximum absolute atomic E-state index is 5.83. The van der Waals surface area contributed by atoms with Gasteiger partial charge in [0.1, 0.15) is 5.82 Å². The van der Waals surface area contributed by atoms with E-state index in [1.54, 1.807) is 17.5 Å². The summed E-state index contributed by atoms with van der Waals surface area (Å²) in [5.74, 6) is 1.12. The van der Waals surface area contributed by atoms with Crippen molar-refractivity contribution in [3.63, 3.8) is 0 Å². The summed E-state index contributed by atoms with van der Waals surface area (Å²) in [4.78, 5) is 9.78. The molecule has 0 bridgehead atoms. The Kier molecular flexibility index (Phi) is 3.74. The molecule has 0 fully saturated rings. The second-order valence-corrected chi connectivity index (χ2v) is 5.94. The summed E-state index contributed by atoms with van der Waals surface area (Å²) in [5, 5.41) is 10.4. The van der Waals surface area contributed by atoms with E-state index in [1.165, 1.54) is 0 Å². The molecule has 0 aliphatic heterocycles. The number of hydrogen-bond donors (Lipinski definition) is 3. The monoisotopic (exact) mass is 302 g/mol. The van der Waals surface area contributed by atoms with Gasteiger partial charge in [-0.25, -0.2) is 4.98 Å². The van der Waals surface area contributed by atoms with Crippen LogP contribution in [-0.2, 0) is 0 Å². The average Bonchev–Trinajstić information content (AvgIpc) is 3.12. The fraction of sp³-hybridized carbons (Fsp3) is 0.357. The smallest absolute Gasteiger partial charge is 0.222 e. The van der Waals surface area contributed by atoms with E-state index in [1.807, 2.05) is 12.1 Å². The first-order chi connectivity index (χ1) is 10.2. The Labute approximate surface area is 126 Å². The molecule has 0 radical (unpaired) electrons. The van der Waals surface area contributed by atoms with Gasteiger partial charge in [0, 0.05) is 12.2 Å². The molecule has 0 saturated carbocycles. The molecule has 7 heteroatoms. The lowest BCUT2D eigenvalue weighted by Gasteiger charge is -2.15. The maximum atomic E-state index is 5.83. The van der Waals surface area contributed by atoms with Crippen molar-refractivity contribution >= 4 is 33.3 Å². The third kappa shape index (κ3) is 2.69. The van der Waals surface area contributed by atoms with Gasteiger partial charge in [-0.05, 0) is 25.0 Å². The van der Waals surface area contributed by atoms with Gasteiger partial charge in [-0.2, -0.15) is 10.1 Å². The van der Waals surface area contributed by atoms with E-state index in [-0.39, 0.29) is 0 Å². The zero-order valence-electron chi connectivity index (χ0n) is 12.1. The second kappa shape index (κ2) is 5.69. The highest BCUT2D eigenvalue weighted by atomic mass is 32.1. The molecule has 0 spiro atoms. The molecule has 21 heavy (non-hydrogen) atoms. The van der Waals surface area contributed by atoms with E-state index in [9.17, 15) is 0 Å². The summed E-state index contributed by atoms with van der Waals surface area (Å²) < 4.78 is 1.03. The Morgan fingerprint density at radius 2 is 2.14 bits per heavy atom. The van der Waals surface area contributed by atoms with Crippen molar-refractivity contribution in [3.8, 4) is 10.6 Å². The largest absolute Gasteiger partial charge is 0.368 e. The van der Waals surface area contributed by atoms with Gasteiger partial charge in [0.15, 0.2) is 0 Å². The number of anilines is 2. The molecule has 0 amide bonds. The first-order valence-corrected chi connectivity index (χ1v) is 7.86. The third-order valence-electron chi connectivity index (χ3n) is 3.48. The number of nitrogens with two attached hydrogens (primary N) is 1. The van der Waals surface area contributed by atoms with Crippen LogP contribution in [0.5, 0.6) is 0 Å². The molecule has 0 unspecified atom stereocenters. The van der Waals surface area contributed by atoms with Crippen LogP contribution in [0, 0.1) is 0 Å².